The third kappa shape index (κ3) is 3.10. The quantitative estimate of drug-likeness (QED) is 0.353. The largest absolute Gasteiger partial charge is 0.341 e. The molecule has 7 heteroatoms. The van der Waals surface area contributed by atoms with Crippen molar-refractivity contribution in [3.63, 3.8) is 0 Å². The van der Waals surface area contributed by atoms with Gasteiger partial charge in [0.15, 0.2) is 17.3 Å². The van der Waals surface area contributed by atoms with Gasteiger partial charge in [-0.3, -0.25) is 0 Å². The highest BCUT2D eigenvalue weighted by Crippen LogP contribution is 2.25. The summed E-state index contributed by atoms with van der Waals surface area (Å²) in [6.07, 6.45) is 0. The Bertz CT molecular complexity index is 1900. The molecule has 0 fully saturated rings. The molecule has 0 aliphatic heterocycles. The zero-order valence-corrected chi connectivity index (χ0v) is 19.0. The molecule has 0 saturated heterocycles. The summed E-state index contributed by atoms with van der Waals surface area (Å²) in [4.78, 5) is 33.2. The van der Waals surface area contributed by atoms with Crippen molar-refractivity contribution in [2.75, 3.05) is 0 Å². The van der Waals surface area contributed by atoms with Gasteiger partial charge in [-0.1, -0.05) is 84.9 Å². The second-order valence-electron chi connectivity index (χ2n) is 8.41. The van der Waals surface area contributed by atoms with Crippen LogP contribution in [-0.4, -0.2) is 28.9 Å². The highest BCUT2D eigenvalue weighted by atomic mass is 16.1. The van der Waals surface area contributed by atoms with Crippen molar-refractivity contribution in [3.05, 3.63) is 120 Å². The van der Waals surface area contributed by atoms with Gasteiger partial charge in [-0.05, 0) is 24.3 Å². The topological polar surface area (TPSA) is 78.0 Å². The predicted octanol–water partition coefficient (Wildman–Crippen LogP) is 5.31. The van der Waals surface area contributed by atoms with Gasteiger partial charge in [0.05, 0.1) is 16.6 Å². The Labute approximate surface area is 205 Å². The molecule has 0 radical (unpaired) electrons. The van der Waals surface area contributed by atoms with E-state index in [9.17, 15) is 4.79 Å². The summed E-state index contributed by atoms with van der Waals surface area (Å²) in [5, 5.41) is 0.830. The number of aromatic nitrogens is 6. The number of hydrogen-bond donors (Lipinski definition) is 0. The first kappa shape index (κ1) is 20.2. The number of para-hydroxylation sites is 3. The Kier molecular flexibility index (Phi) is 4.47. The summed E-state index contributed by atoms with van der Waals surface area (Å²) in [6, 6.07) is 34.7. The molecule has 4 aromatic carbocycles. The lowest BCUT2D eigenvalue weighted by Gasteiger charge is -2.13. The minimum atomic E-state index is -0.290. The lowest BCUT2D eigenvalue weighted by atomic mass is 10.2. The van der Waals surface area contributed by atoms with Crippen LogP contribution >= 0.6 is 0 Å². The van der Waals surface area contributed by atoms with E-state index in [2.05, 4.69) is 0 Å². The molecule has 0 bridgehead atoms. The molecule has 3 aromatic heterocycles. The molecular weight excluding hydrogens is 448 g/mol. The Morgan fingerprint density at radius 2 is 1.08 bits per heavy atom. The number of benzene rings is 4. The van der Waals surface area contributed by atoms with Crippen molar-refractivity contribution < 1.29 is 0 Å². The molecular formula is C29H18N6O. The van der Waals surface area contributed by atoms with Crippen LogP contribution < -0.4 is 5.69 Å². The fraction of sp³-hybridized carbons (Fsp3) is 0. The maximum atomic E-state index is 14.1. The molecule has 0 unspecified atom stereocenters. The van der Waals surface area contributed by atoms with E-state index in [1.54, 1.807) is 8.97 Å². The van der Waals surface area contributed by atoms with Crippen molar-refractivity contribution in [1.82, 2.24) is 28.9 Å². The lowest BCUT2D eigenvalue weighted by Crippen LogP contribution is -2.27. The first-order valence-electron chi connectivity index (χ1n) is 11.6. The molecule has 0 saturated carbocycles. The molecule has 0 atom stereocenters. The average Bonchev–Trinajstić information content (AvgIpc) is 3.34. The van der Waals surface area contributed by atoms with Crippen LogP contribution in [0.15, 0.2) is 114 Å². The standard InChI is InChI=1S/C29H18N6O/c36-29-34-24-18-10-8-16-22(24)30-27(34)21-15-7-9-17-23(21)35(29)28-32-25(19-11-3-1-4-12-19)31-26(33-28)20-13-5-2-6-14-20/h1-18H. The molecule has 7 aromatic rings. The summed E-state index contributed by atoms with van der Waals surface area (Å²) >= 11 is 0. The molecule has 0 spiro atoms. The first-order chi connectivity index (χ1) is 17.8. The van der Waals surface area contributed by atoms with Crippen LogP contribution in [0.25, 0.3) is 56.3 Å². The maximum Gasteiger partial charge on any atom is 0.341 e. The smallest absolute Gasteiger partial charge is 0.247 e. The molecule has 170 valence electrons. The third-order valence-electron chi connectivity index (χ3n) is 6.22. The average molecular weight is 467 g/mol. The molecule has 3 heterocycles. The number of imidazole rings is 1. The molecule has 0 aliphatic rings. The van der Waals surface area contributed by atoms with Crippen molar-refractivity contribution in [2.24, 2.45) is 0 Å². The van der Waals surface area contributed by atoms with Gasteiger partial charge < -0.3 is 0 Å². The van der Waals surface area contributed by atoms with Crippen molar-refractivity contribution in [3.8, 4) is 28.7 Å². The second-order valence-corrected chi connectivity index (χ2v) is 8.41. The second kappa shape index (κ2) is 7.95. The monoisotopic (exact) mass is 466 g/mol. The van der Waals surface area contributed by atoms with Gasteiger partial charge in [0.25, 0.3) is 0 Å². The zero-order valence-electron chi connectivity index (χ0n) is 19.0. The van der Waals surface area contributed by atoms with Gasteiger partial charge in [-0.25, -0.2) is 23.7 Å². The first-order valence-corrected chi connectivity index (χ1v) is 11.6. The number of fused-ring (bicyclic) bond motifs is 5. The Morgan fingerprint density at radius 1 is 0.528 bits per heavy atom. The molecule has 7 rings (SSSR count). The van der Waals surface area contributed by atoms with Crippen LogP contribution in [0.4, 0.5) is 0 Å². The van der Waals surface area contributed by atoms with E-state index in [4.69, 9.17) is 19.9 Å². The summed E-state index contributed by atoms with van der Waals surface area (Å²) in [5.41, 5.74) is 4.15. The Hall–Kier alpha value is -5.17. The van der Waals surface area contributed by atoms with E-state index in [0.717, 1.165) is 27.5 Å². The fourth-order valence-corrected chi connectivity index (χ4v) is 4.55. The lowest BCUT2D eigenvalue weighted by molar-refractivity contribution is 0.851. The van der Waals surface area contributed by atoms with Crippen LogP contribution in [0.3, 0.4) is 0 Å². The van der Waals surface area contributed by atoms with E-state index in [1.165, 1.54) is 0 Å². The minimum absolute atomic E-state index is 0.253. The van der Waals surface area contributed by atoms with Gasteiger partial charge in [-0.2, -0.15) is 9.97 Å². The van der Waals surface area contributed by atoms with Gasteiger partial charge >= 0.3 is 5.69 Å². The number of nitrogens with zero attached hydrogens (tertiary/aromatic N) is 6. The molecule has 0 aliphatic carbocycles. The van der Waals surface area contributed by atoms with E-state index < -0.39 is 0 Å². The van der Waals surface area contributed by atoms with E-state index in [1.807, 2.05) is 109 Å². The zero-order chi connectivity index (χ0) is 24.1. The molecule has 0 N–H and O–H groups in total. The minimum Gasteiger partial charge on any atom is -0.247 e. The van der Waals surface area contributed by atoms with E-state index >= 15 is 0 Å². The predicted molar refractivity (Wildman–Crippen MR) is 140 cm³/mol. The normalized spacial score (nSPS) is 11.4. The Morgan fingerprint density at radius 3 is 1.75 bits per heavy atom. The van der Waals surface area contributed by atoms with Crippen molar-refractivity contribution >= 4 is 27.6 Å². The number of rotatable bonds is 3. The summed E-state index contributed by atoms with van der Waals surface area (Å²) in [5.74, 6) is 1.24. The van der Waals surface area contributed by atoms with E-state index in [-0.39, 0.29) is 11.6 Å². The Balaban J connectivity index is 1.62. The SMILES string of the molecule is O=c1n(-c2nc(-c3ccccc3)nc(-c3ccccc3)n2)c2ccccc2c2nc3ccccc3n12. The van der Waals surface area contributed by atoms with Gasteiger partial charge in [0.1, 0.15) is 0 Å². The van der Waals surface area contributed by atoms with Crippen LogP contribution in [0.1, 0.15) is 0 Å². The molecule has 0 amide bonds. The fourth-order valence-electron chi connectivity index (χ4n) is 4.55. The van der Waals surface area contributed by atoms with Crippen molar-refractivity contribution in [2.45, 2.75) is 0 Å². The number of hydrogen-bond acceptors (Lipinski definition) is 5. The highest BCUT2D eigenvalue weighted by Gasteiger charge is 2.19. The van der Waals surface area contributed by atoms with E-state index in [0.29, 0.717) is 22.8 Å². The summed E-state index contributed by atoms with van der Waals surface area (Å²) in [7, 11) is 0. The van der Waals surface area contributed by atoms with Crippen LogP contribution in [-0.2, 0) is 0 Å². The molecule has 7 nitrogen and oxygen atoms in total. The highest BCUT2D eigenvalue weighted by molar-refractivity contribution is 5.96. The van der Waals surface area contributed by atoms with Crippen molar-refractivity contribution in [1.29, 1.82) is 0 Å². The van der Waals surface area contributed by atoms with Crippen LogP contribution in [0.2, 0.25) is 0 Å². The van der Waals surface area contributed by atoms with Gasteiger partial charge in [0, 0.05) is 16.5 Å². The van der Waals surface area contributed by atoms with Crippen LogP contribution in [0.5, 0.6) is 0 Å². The van der Waals surface area contributed by atoms with Crippen LogP contribution in [0, 0.1) is 0 Å². The summed E-state index contributed by atoms with van der Waals surface area (Å²) < 4.78 is 3.18. The maximum absolute atomic E-state index is 14.1. The van der Waals surface area contributed by atoms with Gasteiger partial charge in [0.2, 0.25) is 5.95 Å². The third-order valence-corrected chi connectivity index (χ3v) is 6.22. The summed E-state index contributed by atoms with van der Waals surface area (Å²) in [6.45, 7) is 0. The molecule has 36 heavy (non-hydrogen) atoms. The van der Waals surface area contributed by atoms with Gasteiger partial charge in [-0.15, -0.1) is 0 Å².